The van der Waals surface area contributed by atoms with E-state index in [9.17, 15) is 41.2 Å². The van der Waals surface area contributed by atoms with Gasteiger partial charge in [-0.05, 0) is 62.6 Å². The molecule has 3 aliphatic heterocycles. The first-order chi connectivity index (χ1) is 24.5. The molecule has 1 saturated heterocycles. The molecule has 0 spiro atoms. The number of cyclic esters (lactones) is 1. The summed E-state index contributed by atoms with van der Waals surface area (Å²) in [5.74, 6) is -3.56. The predicted molar refractivity (Wildman–Crippen MR) is 182 cm³/mol. The van der Waals surface area contributed by atoms with Crippen molar-refractivity contribution in [1.29, 1.82) is 0 Å². The molecule has 5 aliphatic rings. The van der Waals surface area contributed by atoms with Gasteiger partial charge in [0.2, 0.25) is 28.3 Å². The number of hydrogen-bond acceptors (Lipinski definition) is 9. The number of alkyl halides is 2. The van der Waals surface area contributed by atoms with E-state index in [0.717, 1.165) is 21.6 Å². The Morgan fingerprint density at radius 3 is 2.60 bits per heavy atom. The third-order valence-electron chi connectivity index (χ3n) is 10.2. The molecule has 282 valence electrons. The van der Waals surface area contributed by atoms with E-state index < -0.39 is 93.3 Å². The first-order valence-corrected chi connectivity index (χ1v) is 18.9. The molecule has 0 unspecified atom stereocenters. The second-order valence-corrected chi connectivity index (χ2v) is 16.6. The topological polar surface area (TPSA) is 181 Å². The molecule has 2 aliphatic carbocycles. The first kappa shape index (κ1) is 37.2. The Bertz CT molecular complexity index is 1800. The highest BCUT2D eigenvalue weighted by molar-refractivity contribution is 7.91. The number of benzene rings is 1. The van der Waals surface area contributed by atoms with Crippen molar-refractivity contribution in [3.05, 3.63) is 53.6 Å². The molecular formula is C35H43F2N5O9S. The molecule has 3 N–H and O–H groups in total. The molecule has 0 radical (unpaired) electrons. The first-order valence-electron chi connectivity index (χ1n) is 17.3. The summed E-state index contributed by atoms with van der Waals surface area (Å²) in [7, 11) is -3.98. The van der Waals surface area contributed by atoms with Gasteiger partial charge < -0.3 is 25.0 Å². The molecule has 1 aromatic rings. The number of carbonyl (C=O) groups excluding carboxylic acids is 5. The number of alkyl carbamates (subject to hydrolysis) is 1. The molecule has 3 heterocycles. The lowest BCUT2D eigenvalue weighted by atomic mass is 10.00. The maximum absolute atomic E-state index is 14.0. The standard InChI is InChI=1S/C35H43F2N5O9S/c1-4-22-16-35(22,31(45)40-52(48,49)24-11-12-24)39-29(43)27-14-23-18-42(27)30(44)26(15-28(36)37)38-32(46)51-34(2,3)13-6-5-8-20-9-7-10-21-17-41(19-25(20)21)33(47)50-23/h4-5,7-10,22-24,26-28H,1,6,11-19H2,2-3H3,(H,38,46)(H,39,43)(H,40,45)/b8-5+/t22-,23-,26+,27+,35+/m1/s1. The summed E-state index contributed by atoms with van der Waals surface area (Å²) in [6, 6.07) is 2.41. The highest BCUT2D eigenvalue weighted by atomic mass is 32.2. The SMILES string of the molecule is C=C[C@@H]1C[C@@]1(NC(=O)[C@@H]1C[C@@H]2CN1C(=O)[C@H](CC(F)F)NC(=O)OC(C)(C)CC/C=C/c1cccc3c1CN(C3)C(=O)O2)C(=O)NS(=O)(=O)C1CC1. The van der Waals surface area contributed by atoms with Crippen LogP contribution in [-0.4, -0.2) is 95.7 Å². The summed E-state index contributed by atoms with van der Waals surface area (Å²) in [5, 5.41) is 4.13. The molecule has 5 amide bonds. The lowest BCUT2D eigenvalue weighted by Crippen LogP contribution is -2.58. The second-order valence-electron chi connectivity index (χ2n) is 14.7. The largest absolute Gasteiger partial charge is 0.444 e. The van der Waals surface area contributed by atoms with Crippen LogP contribution in [0.15, 0.2) is 36.9 Å². The van der Waals surface area contributed by atoms with Gasteiger partial charge in [-0.2, -0.15) is 0 Å². The molecule has 2 saturated carbocycles. The van der Waals surface area contributed by atoms with E-state index in [0.29, 0.717) is 25.7 Å². The van der Waals surface area contributed by atoms with Crippen LogP contribution in [0.5, 0.6) is 0 Å². The van der Waals surface area contributed by atoms with Gasteiger partial charge in [0.25, 0.3) is 5.91 Å². The molecule has 6 rings (SSSR count). The summed E-state index contributed by atoms with van der Waals surface area (Å²) in [6.45, 7) is 7.08. The van der Waals surface area contributed by atoms with E-state index >= 15 is 0 Å². The van der Waals surface area contributed by atoms with Gasteiger partial charge in [0.05, 0.1) is 18.3 Å². The van der Waals surface area contributed by atoms with Crippen molar-refractivity contribution >= 4 is 46.0 Å². The minimum Gasteiger partial charge on any atom is -0.444 e. The van der Waals surface area contributed by atoms with E-state index in [4.69, 9.17) is 9.47 Å². The lowest BCUT2D eigenvalue weighted by Gasteiger charge is -2.31. The molecule has 4 bridgehead atoms. The zero-order valence-electron chi connectivity index (χ0n) is 28.9. The predicted octanol–water partition coefficient (Wildman–Crippen LogP) is 3.11. The summed E-state index contributed by atoms with van der Waals surface area (Å²) in [4.78, 5) is 70.3. The van der Waals surface area contributed by atoms with Crippen molar-refractivity contribution in [2.75, 3.05) is 6.54 Å². The van der Waals surface area contributed by atoms with Gasteiger partial charge in [0.1, 0.15) is 29.3 Å². The fraction of sp³-hybridized carbons (Fsp3) is 0.571. The molecule has 14 nitrogen and oxygen atoms in total. The van der Waals surface area contributed by atoms with Crippen LogP contribution in [0.1, 0.15) is 75.5 Å². The summed E-state index contributed by atoms with van der Waals surface area (Å²) < 4.78 is 66.3. The molecule has 0 aromatic heterocycles. The zero-order valence-corrected chi connectivity index (χ0v) is 29.8. The third kappa shape index (κ3) is 7.93. The number of hydrogen-bond donors (Lipinski definition) is 3. The van der Waals surface area contributed by atoms with Crippen LogP contribution in [0.25, 0.3) is 6.08 Å². The van der Waals surface area contributed by atoms with Crippen molar-refractivity contribution in [3.63, 3.8) is 0 Å². The highest BCUT2D eigenvalue weighted by Gasteiger charge is 2.62. The van der Waals surface area contributed by atoms with Crippen molar-refractivity contribution < 1.29 is 50.6 Å². The van der Waals surface area contributed by atoms with Gasteiger partial charge in [-0.25, -0.2) is 26.8 Å². The van der Waals surface area contributed by atoms with Crippen molar-refractivity contribution in [2.45, 2.75) is 113 Å². The highest BCUT2D eigenvalue weighted by Crippen LogP contribution is 2.45. The molecule has 3 fully saturated rings. The molecule has 1 aromatic carbocycles. The Hall–Kier alpha value is -4.54. The van der Waals surface area contributed by atoms with Crippen LogP contribution in [-0.2, 0) is 47.0 Å². The number of halogens is 2. The Balaban J connectivity index is 1.29. The fourth-order valence-electron chi connectivity index (χ4n) is 7.06. The number of sulfonamides is 1. The zero-order chi connectivity index (χ0) is 37.6. The summed E-state index contributed by atoms with van der Waals surface area (Å²) in [5.41, 5.74) is -0.0173. The smallest absolute Gasteiger partial charge is 0.410 e. The maximum atomic E-state index is 14.0. The van der Waals surface area contributed by atoms with E-state index in [1.807, 2.05) is 30.4 Å². The molecule has 52 heavy (non-hydrogen) atoms. The van der Waals surface area contributed by atoms with Gasteiger partial charge in [-0.15, -0.1) is 6.58 Å². The minimum atomic E-state index is -3.98. The maximum Gasteiger partial charge on any atom is 0.410 e. The Morgan fingerprint density at radius 2 is 1.92 bits per heavy atom. The average molecular weight is 748 g/mol. The number of amides is 5. The monoisotopic (exact) mass is 747 g/mol. The van der Waals surface area contributed by atoms with Gasteiger partial charge in [0.15, 0.2) is 0 Å². The third-order valence-corrected chi connectivity index (χ3v) is 12.0. The number of rotatable bonds is 8. The number of nitrogens with zero attached hydrogens (tertiary/aromatic N) is 2. The Labute approximate surface area is 300 Å². The van der Waals surface area contributed by atoms with Gasteiger partial charge in [-0.3, -0.25) is 24.0 Å². The second kappa shape index (κ2) is 14.1. The van der Waals surface area contributed by atoms with Crippen LogP contribution < -0.4 is 15.4 Å². The molecule has 17 heteroatoms. The number of nitrogens with one attached hydrogen (secondary N) is 3. The van der Waals surface area contributed by atoms with Crippen LogP contribution >= 0.6 is 0 Å². The Morgan fingerprint density at radius 1 is 1.17 bits per heavy atom. The van der Waals surface area contributed by atoms with Crippen molar-refractivity contribution in [1.82, 2.24) is 25.2 Å². The number of ether oxygens (including phenoxy) is 2. The quantitative estimate of drug-likeness (QED) is 0.337. The van der Waals surface area contributed by atoms with Crippen LogP contribution in [0, 0.1) is 5.92 Å². The molecule has 5 atom stereocenters. The van der Waals surface area contributed by atoms with E-state index in [-0.39, 0.29) is 32.5 Å². The van der Waals surface area contributed by atoms with E-state index in [2.05, 4.69) is 21.9 Å². The number of fused-ring (bicyclic) bond motifs is 3. The van der Waals surface area contributed by atoms with Gasteiger partial charge in [0, 0.05) is 25.3 Å². The van der Waals surface area contributed by atoms with Crippen LogP contribution in [0.4, 0.5) is 18.4 Å². The summed E-state index contributed by atoms with van der Waals surface area (Å²) >= 11 is 0. The fourth-order valence-corrected chi connectivity index (χ4v) is 8.42. The van der Waals surface area contributed by atoms with Crippen LogP contribution in [0.3, 0.4) is 0 Å². The van der Waals surface area contributed by atoms with E-state index in [1.54, 1.807) is 13.8 Å². The van der Waals surface area contributed by atoms with Gasteiger partial charge >= 0.3 is 12.2 Å². The van der Waals surface area contributed by atoms with Crippen molar-refractivity contribution in [2.24, 2.45) is 5.92 Å². The average Bonchev–Trinajstić information content (AvgIpc) is 3.95. The minimum absolute atomic E-state index is 0.0250. The number of carbonyl (C=O) groups is 5. The van der Waals surface area contributed by atoms with Crippen LogP contribution in [0.2, 0.25) is 0 Å². The summed E-state index contributed by atoms with van der Waals surface area (Å²) in [6.07, 6.45) is -0.450. The van der Waals surface area contributed by atoms with E-state index in [1.165, 1.54) is 11.0 Å². The number of allylic oxidation sites excluding steroid dienone is 1. The van der Waals surface area contributed by atoms with Gasteiger partial charge in [-0.1, -0.05) is 36.4 Å². The molecular weight excluding hydrogens is 704 g/mol. The normalized spacial score (nSPS) is 29.5. The Kier molecular flexibility index (Phi) is 10.1. The lowest BCUT2D eigenvalue weighted by molar-refractivity contribution is -0.141. The van der Waals surface area contributed by atoms with Crippen molar-refractivity contribution in [3.8, 4) is 0 Å².